The molecule has 0 spiro atoms. The molecule has 0 unspecified atom stereocenters. The molecule has 174 valence electrons. The first kappa shape index (κ1) is 21.7. The van der Waals surface area contributed by atoms with Gasteiger partial charge in [-0.25, -0.2) is 0 Å². The van der Waals surface area contributed by atoms with Crippen LogP contribution in [0.4, 0.5) is 17.5 Å². The van der Waals surface area contributed by atoms with Gasteiger partial charge >= 0.3 is 0 Å². The van der Waals surface area contributed by atoms with Gasteiger partial charge < -0.3 is 25.8 Å². The summed E-state index contributed by atoms with van der Waals surface area (Å²) in [6, 6.07) is 7.96. The lowest BCUT2D eigenvalue weighted by molar-refractivity contribution is 0.297. The van der Waals surface area contributed by atoms with Crippen LogP contribution in [0.15, 0.2) is 30.6 Å². The highest BCUT2D eigenvalue weighted by Crippen LogP contribution is 2.38. The fraction of sp³-hybridized carbons (Fsp3) is 0.333. The normalized spacial score (nSPS) is 13.9. The van der Waals surface area contributed by atoms with Crippen molar-refractivity contribution in [3.63, 3.8) is 0 Å². The molecule has 5 N–H and O–H groups in total. The number of phenols is 1. The number of fused-ring (bicyclic) bond motifs is 1. The summed E-state index contributed by atoms with van der Waals surface area (Å²) >= 11 is 0. The molecule has 1 saturated carbocycles. The molecule has 5 rings (SSSR count). The van der Waals surface area contributed by atoms with E-state index in [9.17, 15) is 15.5 Å². The Morgan fingerprint density at radius 1 is 1.24 bits per heavy atom. The summed E-state index contributed by atoms with van der Waals surface area (Å²) < 4.78 is 1.68. The van der Waals surface area contributed by atoms with Crippen molar-refractivity contribution in [2.75, 3.05) is 17.2 Å². The van der Waals surface area contributed by atoms with Crippen molar-refractivity contribution < 1.29 is 10.2 Å². The van der Waals surface area contributed by atoms with Crippen LogP contribution in [0, 0.1) is 11.3 Å². The molecule has 0 atom stereocenters. The van der Waals surface area contributed by atoms with Crippen molar-refractivity contribution in [3.8, 4) is 23.1 Å². The molecule has 34 heavy (non-hydrogen) atoms. The molecule has 3 aromatic heterocycles. The third-order valence-corrected chi connectivity index (χ3v) is 6.34. The number of aromatic hydroxyl groups is 1. The summed E-state index contributed by atoms with van der Waals surface area (Å²) in [6.45, 7) is -0.131. The summed E-state index contributed by atoms with van der Waals surface area (Å²) in [5, 5.41) is 41.8. The third-order valence-electron chi connectivity index (χ3n) is 6.34. The highest BCUT2D eigenvalue weighted by atomic mass is 16.3. The summed E-state index contributed by atoms with van der Waals surface area (Å²) in [6.07, 6.45) is 8.00. The topological polar surface area (TPSA) is 148 Å². The Kier molecular flexibility index (Phi) is 5.77. The first-order valence-corrected chi connectivity index (χ1v) is 11.4. The van der Waals surface area contributed by atoms with Gasteiger partial charge in [0.25, 0.3) is 0 Å². The van der Waals surface area contributed by atoms with E-state index >= 15 is 0 Å². The molecular formula is C24H26N8O2. The number of anilines is 3. The van der Waals surface area contributed by atoms with Gasteiger partial charge in [0, 0.05) is 55.3 Å². The second kappa shape index (κ2) is 9.03. The lowest BCUT2D eigenvalue weighted by atomic mass is 10.0. The minimum absolute atomic E-state index is 0.0691. The molecule has 1 aliphatic rings. The predicted octanol–water partition coefficient (Wildman–Crippen LogP) is 3.57. The number of aliphatic hydroxyl groups excluding tert-OH is 1. The van der Waals surface area contributed by atoms with Gasteiger partial charge in [-0.15, -0.1) is 0 Å². The van der Waals surface area contributed by atoms with Gasteiger partial charge in [0.05, 0.1) is 16.6 Å². The maximum absolute atomic E-state index is 11.0. The Bertz CT molecular complexity index is 1380. The van der Waals surface area contributed by atoms with Crippen LogP contribution < -0.4 is 10.6 Å². The molecular weight excluding hydrogens is 432 g/mol. The van der Waals surface area contributed by atoms with E-state index in [4.69, 9.17) is 4.98 Å². The number of aromatic amines is 1. The number of H-pyrrole nitrogens is 1. The van der Waals surface area contributed by atoms with E-state index in [2.05, 4.69) is 31.8 Å². The van der Waals surface area contributed by atoms with E-state index in [1.165, 1.54) is 12.8 Å². The zero-order chi connectivity index (χ0) is 23.7. The monoisotopic (exact) mass is 458 g/mol. The molecule has 1 aliphatic carbocycles. The van der Waals surface area contributed by atoms with E-state index in [0.29, 0.717) is 51.2 Å². The number of phenolic OH excluding ortho intramolecular Hbond substituents is 1. The Labute approximate surface area is 196 Å². The minimum Gasteiger partial charge on any atom is -0.507 e. The quantitative estimate of drug-likeness (QED) is 0.282. The molecule has 0 saturated heterocycles. The van der Waals surface area contributed by atoms with Crippen LogP contribution in [0.5, 0.6) is 5.75 Å². The average Bonchev–Trinajstić information content (AvgIpc) is 3.58. The van der Waals surface area contributed by atoms with Gasteiger partial charge in [-0.2, -0.15) is 20.3 Å². The minimum atomic E-state index is -0.131. The van der Waals surface area contributed by atoms with Crippen LogP contribution in [0.1, 0.15) is 36.8 Å². The van der Waals surface area contributed by atoms with Crippen LogP contribution in [0.2, 0.25) is 0 Å². The lowest BCUT2D eigenvalue weighted by Gasteiger charge is -2.17. The first-order valence-electron chi connectivity index (χ1n) is 11.4. The van der Waals surface area contributed by atoms with Crippen molar-refractivity contribution in [1.29, 1.82) is 5.26 Å². The summed E-state index contributed by atoms with van der Waals surface area (Å²) in [5.74, 6) is 1.00. The van der Waals surface area contributed by atoms with Gasteiger partial charge in [-0.3, -0.25) is 4.68 Å². The highest BCUT2D eigenvalue weighted by molar-refractivity contribution is 5.94. The molecule has 4 aromatic rings. The van der Waals surface area contributed by atoms with Crippen molar-refractivity contribution in [2.45, 2.75) is 38.1 Å². The maximum atomic E-state index is 11.0. The zero-order valence-corrected chi connectivity index (χ0v) is 18.8. The summed E-state index contributed by atoms with van der Waals surface area (Å²) in [5.41, 5.74) is 3.57. The first-order chi connectivity index (χ1) is 16.6. The van der Waals surface area contributed by atoms with Crippen LogP contribution >= 0.6 is 0 Å². The number of hydrogen-bond donors (Lipinski definition) is 5. The Hall–Kier alpha value is -4.10. The standard InChI is InChI=1S/C24H26N8O2/c1-32-19(8-10-27-32)17-6-7-18(16(9-11-33)21(17)34)29-24-30-22-20(14(12-25)13-26-22)23(31-24)28-15-4-2-3-5-15/h6-8,10,13,15,33-34H,2-5,9,11H2,1H3,(H3,26,28,29,30,31). The predicted molar refractivity (Wildman–Crippen MR) is 129 cm³/mol. The number of rotatable bonds is 7. The zero-order valence-electron chi connectivity index (χ0n) is 18.8. The second-order valence-corrected chi connectivity index (χ2v) is 8.49. The molecule has 0 radical (unpaired) electrons. The van der Waals surface area contributed by atoms with Crippen LogP contribution in [0.25, 0.3) is 22.3 Å². The molecule has 0 bridgehead atoms. The smallest absolute Gasteiger partial charge is 0.231 e. The Balaban J connectivity index is 1.55. The molecule has 0 amide bonds. The lowest BCUT2D eigenvalue weighted by Crippen LogP contribution is -2.16. The summed E-state index contributed by atoms with van der Waals surface area (Å²) in [4.78, 5) is 12.3. The van der Waals surface area contributed by atoms with Crippen molar-refractivity contribution in [3.05, 3.63) is 41.7 Å². The Morgan fingerprint density at radius 2 is 2.06 bits per heavy atom. The number of nitrogens with zero attached hydrogens (tertiary/aromatic N) is 5. The van der Waals surface area contributed by atoms with Gasteiger partial charge in [-0.05, 0) is 31.0 Å². The van der Waals surface area contributed by atoms with Crippen molar-refractivity contribution in [1.82, 2.24) is 24.7 Å². The van der Waals surface area contributed by atoms with Crippen LogP contribution in [-0.4, -0.2) is 47.6 Å². The van der Waals surface area contributed by atoms with E-state index in [-0.39, 0.29) is 18.8 Å². The fourth-order valence-electron chi connectivity index (χ4n) is 4.63. The number of hydrogen-bond acceptors (Lipinski definition) is 8. The van der Waals surface area contributed by atoms with Crippen molar-refractivity contribution >= 4 is 28.5 Å². The number of nitriles is 1. The largest absolute Gasteiger partial charge is 0.507 e. The van der Waals surface area contributed by atoms with E-state index in [1.807, 2.05) is 12.1 Å². The second-order valence-electron chi connectivity index (χ2n) is 8.49. The van der Waals surface area contributed by atoms with Crippen LogP contribution in [-0.2, 0) is 13.5 Å². The highest BCUT2D eigenvalue weighted by Gasteiger charge is 2.21. The van der Waals surface area contributed by atoms with Crippen LogP contribution in [0.3, 0.4) is 0 Å². The summed E-state index contributed by atoms with van der Waals surface area (Å²) in [7, 11) is 1.81. The third kappa shape index (κ3) is 3.91. The number of nitrogens with one attached hydrogen (secondary N) is 3. The number of aromatic nitrogens is 5. The van der Waals surface area contributed by atoms with Gasteiger partial charge in [-0.1, -0.05) is 12.8 Å². The molecule has 3 heterocycles. The molecule has 10 heteroatoms. The van der Waals surface area contributed by atoms with Crippen molar-refractivity contribution in [2.24, 2.45) is 7.05 Å². The van der Waals surface area contributed by atoms with E-state index in [0.717, 1.165) is 18.5 Å². The maximum Gasteiger partial charge on any atom is 0.231 e. The van der Waals surface area contributed by atoms with Gasteiger partial charge in [0.1, 0.15) is 23.3 Å². The fourth-order valence-corrected chi connectivity index (χ4v) is 4.63. The molecule has 0 aliphatic heterocycles. The average molecular weight is 459 g/mol. The van der Waals surface area contributed by atoms with E-state index in [1.54, 1.807) is 30.2 Å². The SMILES string of the molecule is Cn1nccc1-c1ccc(Nc2nc(NC3CCCC3)c3c(C#N)c[nH]c3n2)c(CCO)c1O. The number of benzene rings is 1. The van der Waals surface area contributed by atoms with E-state index < -0.39 is 0 Å². The van der Waals surface area contributed by atoms with Gasteiger partial charge in [0.15, 0.2) is 0 Å². The molecule has 1 aromatic carbocycles. The molecule has 1 fully saturated rings. The van der Waals surface area contributed by atoms with Gasteiger partial charge in [0.2, 0.25) is 5.95 Å². The Morgan fingerprint density at radius 3 is 2.76 bits per heavy atom. The number of aryl methyl sites for hydroxylation is 1. The molecule has 10 nitrogen and oxygen atoms in total. The number of aliphatic hydroxyl groups is 1.